The van der Waals surface area contributed by atoms with Gasteiger partial charge in [-0.3, -0.25) is 0 Å². The number of rotatable bonds is 9. The third-order valence-corrected chi connectivity index (χ3v) is 3.84. The Balaban J connectivity index is 2.31. The van der Waals surface area contributed by atoms with E-state index in [2.05, 4.69) is 32.7 Å². The number of nitrogens with two attached hydrogens (primary N) is 1. The van der Waals surface area contributed by atoms with E-state index in [0.29, 0.717) is 17.6 Å². The molecular weight excluding hydrogens is 280 g/mol. The van der Waals surface area contributed by atoms with Crippen LogP contribution in [-0.4, -0.2) is 36.1 Å². The molecule has 0 aliphatic rings. The van der Waals surface area contributed by atoms with Gasteiger partial charge >= 0.3 is 0 Å². The van der Waals surface area contributed by atoms with E-state index in [1.54, 1.807) is 0 Å². The van der Waals surface area contributed by atoms with Crippen molar-refractivity contribution in [1.29, 1.82) is 0 Å². The van der Waals surface area contributed by atoms with Crippen molar-refractivity contribution in [1.82, 2.24) is 4.90 Å². The average Bonchev–Trinajstić information content (AvgIpc) is 2.42. The molecule has 1 unspecified atom stereocenters. The molecule has 0 heterocycles. The summed E-state index contributed by atoms with van der Waals surface area (Å²) in [4.78, 5) is 2.80. The SMILES string of the molecule is CC(C)CC(C)N(C)CCCOc1cccc(C(N)=S)c1. The van der Waals surface area contributed by atoms with Crippen LogP contribution in [0.2, 0.25) is 0 Å². The zero-order valence-electron chi connectivity index (χ0n) is 13.6. The van der Waals surface area contributed by atoms with Crippen LogP contribution in [0, 0.1) is 5.92 Å². The lowest BCUT2D eigenvalue weighted by Gasteiger charge is -2.26. The van der Waals surface area contributed by atoms with Gasteiger partial charge in [0, 0.05) is 18.2 Å². The van der Waals surface area contributed by atoms with Gasteiger partial charge in [0.05, 0.1) is 6.61 Å². The molecule has 118 valence electrons. The third-order valence-electron chi connectivity index (χ3n) is 3.61. The summed E-state index contributed by atoms with van der Waals surface area (Å²) in [5.74, 6) is 1.57. The van der Waals surface area contributed by atoms with E-state index >= 15 is 0 Å². The minimum Gasteiger partial charge on any atom is -0.494 e. The van der Waals surface area contributed by atoms with Crippen LogP contribution in [0.15, 0.2) is 24.3 Å². The molecule has 1 rings (SSSR count). The molecule has 0 saturated carbocycles. The van der Waals surface area contributed by atoms with Gasteiger partial charge in [0.15, 0.2) is 0 Å². The predicted molar refractivity (Wildman–Crippen MR) is 94.0 cm³/mol. The summed E-state index contributed by atoms with van der Waals surface area (Å²) in [5, 5.41) is 0. The van der Waals surface area contributed by atoms with E-state index in [1.807, 2.05) is 24.3 Å². The average molecular weight is 308 g/mol. The Labute approximate surface area is 134 Å². The molecule has 0 amide bonds. The van der Waals surface area contributed by atoms with E-state index < -0.39 is 0 Å². The zero-order chi connectivity index (χ0) is 15.8. The normalized spacial score (nSPS) is 12.7. The summed E-state index contributed by atoms with van der Waals surface area (Å²) < 4.78 is 5.77. The van der Waals surface area contributed by atoms with E-state index in [4.69, 9.17) is 22.7 Å². The Morgan fingerprint density at radius 2 is 2.05 bits per heavy atom. The Morgan fingerprint density at radius 1 is 1.33 bits per heavy atom. The van der Waals surface area contributed by atoms with Crippen LogP contribution in [0.3, 0.4) is 0 Å². The summed E-state index contributed by atoms with van der Waals surface area (Å²) in [6, 6.07) is 8.26. The van der Waals surface area contributed by atoms with Crippen LogP contribution >= 0.6 is 12.2 Å². The molecule has 0 bridgehead atoms. The molecule has 1 aromatic rings. The molecule has 21 heavy (non-hydrogen) atoms. The van der Waals surface area contributed by atoms with Crippen molar-refractivity contribution in [2.45, 2.75) is 39.7 Å². The third kappa shape index (κ3) is 6.91. The minimum absolute atomic E-state index is 0.405. The Hall–Kier alpha value is -1.13. The monoisotopic (exact) mass is 308 g/mol. The van der Waals surface area contributed by atoms with Crippen molar-refractivity contribution >= 4 is 17.2 Å². The summed E-state index contributed by atoms with van der Waals surface area (Å²) in [5.41, 5.74) is 6.47. The molecule has 0 spiro atoms. The molecule has 1 atom stereocenters. The first-order chi connectivity index (χ1) is 9.90. The van der Waals surface area contributed by atoms with E-state index in [1.165, 1.54) is 6.42 Å². The van der Waals surface area contributed by atoms with Crippen LogP contribution in [0.1, 0.15) is 39.2 Å². The Bertz CT molecular complexity index is 448. The lowest BCUT2D eigenvalue weighted by atomic mass is 10.0. The number of hydrogen-bond donors (Lipinski definition) is 1. The first-order valence-corrected chi connectivity index (χ1v) is 8.04. The number of ether oxygens (including phenoxy) is 1. The van der Waals surface area contributed by atoms with Crippen LogP contribution in [-0.2, 0) is 0 Å². The van der Waals surface area contributed by atoms with Gasteiger partial charge in [0.1, 0.15) is 10.7 Å². The maximum Gasteiger partial charge on any atom is 0.119 e. The van der Waals surface area contributed by atoms with Crippen molar-refractivity contribution in [3.8, 4) is 5.75 Å². The first-order valence-electron chi connectivity index (χ1n) is 7.63. The molecule has 0 aromatic heterocycles. The Morgan fingerprint density at radius 3 is 2.67 bits per heavy atom. The summed E-state index contributed by atoms with van der Waals surface area (Å²) in [6.07, 6.45) is 2.24. The fourth-order valence-corrected chi connectivity index (χ4v) is 2.45. The van der Waals surface area contributed by atoms with Crippen molar-refractivity contribution in [2.24, 2.45) is 11.7 Å². The van der Waals surface area contributed by atoms with Crippen molar-refractivity contribution in [3.63, 3.8) is 0 Å². The lowest BCUT2D eigenvalue weighted by Crippen LogP contribution is -2.31. The van der Waals surface area contributed by atoms with Crippen LogP contribution in [0.5, 0.6) is 5.75 Å². The molecule has 0 radical (unpaired) electrons. The van der Waals surface area contributed by atoms with E-state index in [0.717, 1.165) is 30.2 Å². The molecule has 2 N–H and O–H groups in total. The molecule has 0 aliphatic heterocycles. The molecule has 1 aromatic carbocycles. The number of nitrogens with zero attached hydrogens (tertiary/aromatic N) is 1. The minimum atomic E-state index is 0.405. The van der Waals surface area contributed by atoms with E-state index in [9.17, 15) is 0 Å². The highest BCUT2D eigenvalue weighted by Gasteiger charge is 2.10. The van der Waals surface area contributed by atoms with Gasteiger partial charge in [-0.1, -0.05) is 38.2 Å². The van der Waals surface area contributed by atoms with Crippen LogP contribution in [0.25, 0.3) is 0 Å². The molecular formula is C17H28N2OS. The van der Waals surface area contributed by atoms with E-state index in [-0.39, 0.29) is 0 Å². The second-order valence-corrected chi connectivity index (χ2v) is 6.49. The molecule has 3 nitrogen and oxygen atoms in total. The molecule has 0 aliphatic carbocycles. The summed E-state index contributed by atoms with van der Waals surface area (Å²) in [6.45, 7) is 8.57. The van der Waals surface area contributed by atoms with Gasteiger partial charge in [0.2, 0.25) is 0 Å². The smallest absolute Gasteiger partial charge is 0.119 e. The highest BCUT2D eigenvalue weighted by Crippen LogP contribution is 2.14. The quantitative estimate of drug-likeness (QED) is 0.560. The van der Waals surface area contributed by atoms with Gasteiger partial charge in [-0.05, 0) is 44.9 Å². The van der Waals surface area contributed by atoms with Gasteiger partial charge in [-0.25, -0.2) is 0 Å². The van der Waals surface area contributed by atoms with Crippen molar-refractivity contribution in [3.05, 3.63) is 29.8 Å². The van der Waals surface area contributed by atoms with Gasteiger partial charge in [-0.15, -0.1) is 0 Å². The summed E-state index contributed by atoms with van der Waals surface area (Å²) in [7, 11) is 2.18. The number of benzene rings is 1. The maximum atomic E-state index is 5.77. The number of thiocarbonyl (C=S) groups is 1. The highest BCUT2D eigenvalue weighted by molar-refractivity contribution is 7.80. The zero-order valence-corrected chi connectivity index (χ0v) is 14.5. The molecule has 0 fully saturated rings. The van der Waals surface area contributed by atoms with Crippen molar-refractivity contribution in [2.75, 3.05) is 20.2 Å². The lowest BCUT2D eigenvalue weighted by molar-refractivity contribution is 0.205. The number of hydrogen-bond acceptors (Lipinski definition) is 3. The second-order valence-electron chi connectivity index (χ2n) is 6.05. The molecule has 0 saturated heterocycles. The highest BCUT2D eigenvalue weighted by atomic mass is 32.1. The van der Waals surface area contributed by atoms with Gasteiger partial charge in [0.25, 0.3) is 0 Å². The fourth-order valence-electron chi connectivity index (χ4n) is 2.33. The topological polar surface area (TPSA) is 38.5 Å². The van der Waals surface area contributed by atoms with Gasteiger partial charge < -0.3 is 15.4 Å². The van der Waals surface area contributed by atoms with Crippen LogP contribution in [0.4, 0.5) is 0 Å². The van der Waals surface area contributed by atoms with Gasteiger partial charge in [-0.2, -0.15) is 0 Å². The first kappa shape index (κ1) is 17.9. The van der Waals surface area contributed by atoms with Crippen LogP contribution < -0.4 is 10.5 Å². The standard InChI is InChI=1S/C17H28N2OS/c1-13(2)11-14(3)19(4)9-6-10-20-16-8-5-7-15(12-16)17(18)21/h5,7-8,12-14H,6,9-11H2,1-4H3,(H2,18,21). The Kier molecular flexibility index (Phi) is 7.68. The second kappa shape index (κ2) is 9.00. The maximum absolute atomic E-state index is 5.77. The predicted octanol–water partition coefficient (Wildman–Crippen LogP) is 3.46. The fraction of sp³-hybridized carbons (Fsp3) is 0.588. The molecule has 4 heteroatoms. The van der Waals surface area contributed by atoms with Crippen molar-refractivity contribution < 1.29 is 4.74 Å². The largest absolute Gasteiger partial charge is 0.494 e. The summed E-state index contributed by atoms with van der Waals surface area (Å²) >= 11 is 4.97.